The number of rotatable bonds is 7. The normalized spacial score (nSPS) is 17.7. The Morgan fingerprint density at radius 3 is 2.25 bits per heavy atom. The van der Waals surface area contributed by atoms with Crippen LogP contribution < -0.4 is 11.1 Å². The number of nitrogens with zero attached hydrogens (tertiary/aromatic N) is 1. The van der Waals surface area contributed by atoms with E-state index >= 15 is 0 Å². The van der Waals surface area contributed by atoms with Gasteiger partial charge in [0.1, 0.15) is 0 Å². The Bertz CT molecular complexity index is 685. The van der Waals surface area contributed by atoms with Crippen molar-refractivity contribution in [2.75, 3.05) is 13.1 Å². The molecule has 3 N–H and O–H groups in total. The number of carbonyl (C=O) groups is 1. The molecule has 0 spiro atoms. The van der Waals surface area contributed by atoms with E-state index in [1.54, 1.807) is 0 Å². The molecule has 2 aromatic carbocycles. The second kappa shape index (κ2) is 12.8. The largest absolute Gasteiger partial charge is 0.353 e. The lowest BCUT2D eigenvalue weighted by atomic mass is 10.0. The van der Waals surface area contributed by atoms with Gasteiger partial charge in [-0.1, -0.05) is 67.1 Å². The van der Waals surface area contributed by atoms with E-state index < -0.39 is 6.04 Å². The highest BCUT2D eigenvalue weighted by Gasteiger charge is 2.24. The molecule has 1 fully saturated rings. The van der Waals surface area contributed by atoms with E-state index in [1.807, 2.05) is 36.4 Å². The topological polar surface area (TPSA) is 58.4 Å². The van der Waals surface area contributed by atoms with Gasteiger partial charge in [0.2, 0.25) is 5.91 Å². The van der Waals surface area contributed by atoms with Crippen molar-refractivity contribution < 1.29 is 4.79 Å². The minimum absolute atomic E-state index is 0. The SMILES string of the molecule is Cl.Cl.NC(Cc1ccccc1)C(=O)NCC1CCCCN1Cc1ccccc1. The Labute approximate surface area is 180 Å². The maximum absolute atomic E-state index is 12.4. The fourth-order valence-electron chi connectivity index (χ4n) is 3.63. The molecule has 0 radical (unpaired) electrons. The molecule has 6 heteroatoms. The lowest BCUT2D eigenvalue weighted by molar-refractivity contribution is -0.122. The summed E-state index contributed by atoms with van der Waals surface area (Å²) >= 11 is 0. The number of nitrogens with one attached hydrogen (secondary N) is 1. The average molecular weight is 424 g/mol. The van der Waals surface area contributed by atoms with Crippen LogP contribution in [-0.2, 0) is 17.8 Å². The predicted octanol–water partition coefficient (Wildman–Crippen LogP) is 3.57. The summed E-state index contributed by atoms with van der Waals surface area (Å²) in [6.45, 7) is 2.71. The number of halogens is 2. The average Bonchev–Trinajstić information content (AvgIpc) is 2.68. The first-order valence-corrected chi connectivity index (χ1v) is 9.57. The molecular formula is C22H31Cl2N3O. The summed E-state index contributed by atoms with van der Waals surface area (Å²) in [6.07, 6.45) is 4.15. The smallest absolute Gasteiger partial charge is 0.237 e. The lowest BCUT2D eigenvalue weighted by Crippen LogP contribution is -2.50. The van der Waals surface area contributed by atoms with E-state index in [2.05, 4.69) is 34.5 Å². The molecule has 0 aliphatic carbocycles. The van der Waals surface area contributed by atoms with Crippen molar-refractivity contribution in [3.63, 3.8) is 0 Å². The van der Waals surface area contributed by atoms with Crippen LogP contribution >= 0.6 is 24.8 Å². The monoisotopic (exact) mass is 423 g/mol. The Hall–Kier alpha value is -1.59. The van der Waals surface area contributed by atoms with Crippen molar-refractivity contribution in [3.05, 3.63) is 71.8 Å². The summed E-state index contributed by atoms with van der Waals surface area (Å²) in [7, 11) is 0. The number of hydrogen-bond donors (Lipinski definition) is 2. The molecule has 3 rings (SSSR count). The van der Waals surface area contributed by atoms with E-state index in [1.165, 1.54) is 18.4 Å². The fraction of sp³-hybridized carbons (Fsp3) is 0.409. The number of piperidine rings is 1. The van der Waals surface area contributed by atoms with Gasteiger partial charge < -0.3 is 11.1 Å². The lowest BCUT2D eigenvalue weighted by Gasteiger charge is -2.36. The highest BCUT2D eigenvalue weighted by atomic mass is 35.5. The zero-order valence-electron chi connectivity index (χ0n) is 16.1. The number of likely N-dealkylation sites (tertiary alicyclic amines) is 1. The molecule has 1 aliphatic heterocycles. The summed E-state index contributed by atoms with van der Waals surface area (Å²) in [6, 6.07) is 20.4. The minimum atomic E-state index is -0.497. The Morgan fingerprint density at radius 1 is 1.00 bits per heavy atom. The van der Waals surface area contributed by atoms with Crippen LogP contribution in [0.3, 0.4) is 0 Å². The number of nitrogens with two attached hydrogens (primary N) is 1. The zero-order valence-corrected chi connectivity index (χ0v) is 17.8. The maximum Gasteiger partial charge on any atom is 0.237 e. The molecule has 4 nitrogen and oxygen atoms in total. The van der Waals surface area contributed by atoms with Crippen LogP contribution in [0.5, 0.6) is 0 Å². The first-order valence-electron chi connectivity index (χ1n) is 9.57. The molecule has 0 bridgehead atoms. The third-order valence-electron chi connectivity index (χ3n) is 5.12. The van der Waals surface area contributed by atoms with E-state index in [-0.39, 0.29) is 30.7 Å². The summed E-state index contributed by atoms with van der Waals surface area (Å²) in [5.41, 5.74) is 8.52. The van der Waals surface area contributed by atoms with Gasteiger partial charge in [-0.2, -0.15) is 0 Å². The van der Waals surface area contributed by atoms with Gasteiger partial charge in [-0.05, 0) is 36.9 Å². The standard InChI is InChI=1S/C22H29N3O.2ClH/c23-21(15-18-9-3-1-4-10-18)22(26)24-16-20-13-7-8-14-25(20)17-19-11-5-2-6-12-19;;/h1-6,9-12,20-21H,7-8,13-17,23H2,(H,24,26);2*1H. The number of hydrogen-bond acceptors (Lipinski definition) is 3. The molecular weight excluding hydrogens is 393 g/mol. The maximum atomic E-state index is 12.4. The van der Waals surface area contributed by atoms with E-state index in [0.717, 1.165) is 25.1 Å². The van der Waals surface area contributed by atoms with Crippen LogP contribution in [0.2, 0.25) is 0 Å². The van der Waals surface area contributed by atoms with Crippen LogP contribution in [0.1, 0.15) is 30.4 Å². The molecule has 0 saturated carbocycles. The molecule has 1 amide bonds. The van der Waals surface area contributed by atoms with Crippen LogP contribution in [-0.4, -0.2) is 36.0 Å². The van der Waals surface area contributed by atoms with E-state index in [4.69, 9.17) is 5.73 Å². The quantitative estimate of drug-likeness (QED) is 0.715. The van der Waals surface area contributed by atoms with Crippen molar-refractivity contribution in [3.8, 4) is 0 Å². The summed E-state index contributed by atoms with van der Waals surface area (Å²) in [5, 5.41) is 3.08. The Kier molecular flexibility index (Phi) is 11.2. The van der Waals surface area contributed by atoms with Crippen LogP contribution in [0.4, 0.5) is 0 Å². The molecule has 1 saturated heterocycles. The highest BCUT2D eigenvalue weighted by molar-refractivity contribution is 5.85. The van der Waals surface area contributed by atoms with Crippen LogP contribution in [0.15, 0.2) is 60.7 Å². The molecule has 0 aromatic heterocycles. The number of amides is 1. The molecule has 2 aromatic rings. The third-order valence-corrected chi connectivity index (χ3v) is 5.12. The first kappa shape index (κ1) is 24.4. The van der Waals surface area contributed by atoms with Gasteiger partial charge in [0.25, 0.3) is 0 Å². The molecule has 154 valence electrons. The highest BCUT2D eigenvalue weighted by Crippen LogP contribution is 2.19. The first-order chi connectivity index (χ1) is 12.7. The van der Waals surface area contributed by atoms with Gasteiger partial charge in [-0.15, -0.1) is 24.8 Å². The van der Waals surface area contributed by atoms with Crippen molar-refractivity contribution in [2.45, 2.75) is 44.3 Å². The number of benzene rings is 2. The molecule has 2 unspecified atom stereocenters. The Morgan fingerprint density at radius 2 is 1.61 bits per heavy atom. The van der Waals surface area contributed by atoms with Crippen molar-refractivity contribution in [2.24, 2.45) is 5.73 Å². The van der Waals surface area contributed by atoms with Gasteiger partial charge in [0, 0.05) is 19.1 Å². The predicted molar refractivity (Wildman–Crippen MR) is 120 cm³/mol. The van der Waals surface area contributed by atoms with Gasteiger partial charge >= 0.3 is 0 Å². The van der Waals surface area contributed by atoms with Crippen molar-refractivity contribution in [1.29, 1.82) is 0 Å². The van der Waals surface area contributed by atoms with Crippen molar-refractivity contribution in [1.82, 2.24) is 10.2 Å². The second-order valence-electron chi connectivity index (χ2n) is 7.15. The number of carbonyl (C=O) groups excluding carboxylic acids is 1. The molecule has 2 atom stereocenters. The van der Waals surface area contributed by atoms with E-state index in [0.29, 0.717) is 19.0 Å². The summed E-state index contributed by atoms with van der Waals surface area (Å²) in [4.78, 5) is 14.9. The van der Waals surface area contributed by atoms with Crippen LogP contribution in [0, 0.1) is 0 Å². The second-order valence-corrected chi connectivity index (χ2v) is 7.15. The van der Waals surface area contributed by atoms with Gasteiger partial charge in [0.15, 0.2) is 0 Å². The molecule has 28 heavy (non-hydrogen) atoms. The fourth-order valence-corrected chi connectivity index (χ4v) is 3.63. The molecule has 1 aliphatic rings. The molecule has 1 heterocycles. The van der Waals surface area contributed by atoms with Crippen molar-refractivity contribution >= 4 is 30.7 Å². The minimum Gasteiger partial charge on any atom is -0.353 e. The van der Waals surface area contributed by atoms with Gasteiger partial charge in [-0.25, -0.2) is 0 Å². The van der Waals surface area contributed by atoms with Gasteiger partial charge in [0.05, 0.1) is 6.04 Å². The summed E-state index contributed by atoms with van der Waals surface area (Å²) < 4.78 is 0. The van der Waals surface area contributed by atoms with Gasteiger partial charge in [-0.3, -0.25) is 9.69 Å². The zero-order chi connectivity index (χ0) is 18.2. The summed E-state index contributed by atoms with van der Waals surface area (Å²) in [5.74, 6) is -0.0564. The Balaban J connectivity index is 0.00000196. The van der Waals surface area contributed by atoms with E-state index in [9.17, 15) is 4.79 Å². The van der Waals surface area contributed by atoms with Crippen LogP contribution in [0.25, 0.3) is 0 Å². The third kappa shape index (κ3) is 7.44.